The summed E-state index contributed by atoms with van der Waals surface area (Å²) in [5.41, 5.74) is 2.35. The predicted octanol–water partition coefficient (Wildman–Crippen LogP) is 2.56. The van der Waals surface area contributed by atoms with Crippen molar-refractivity contribution < 1.29 is 14.6 Å². The molecule has 3 rings (SSSR count). The molecule has 3 aromatic rings. The van der Waals surface area contributed by atoms with Crippen molar-refractivity contribution in [2.75, 3.05) is 32.2 Å². The summed E-state index contributed by atoms with van der Waals surface area (Å²) in [6, 6.07) is 5.21. The Morgan fingerprint density at radius 1 is 1.33 bits per heavy atom. The van der Waals surface area contributed by atoms with Crippen molar-refractivity contribution in [1.29, 1.82) is 0 Å². The molecule has 2 N–H and O–H groups in total. The monoisotopic (exact) mass is 328 g/mol. The molecule has 0 aliphatic carbocycles. The molecule has 0 radical (unpaired) electrons. The van der Waals surface area contributed by atoms with Crippen LogP contribution in [0.15, 0.2) is 36.8 Å². The molecule has 0 aliphatic rings. The minimum absolute atomic E-state index is 0.111. The summed E-state index contributed by atoms with van der Waals surface area (Å²) in [4.78, 5) is 8.77. The fourth-order valence-corrected chi connectivity index (χ4v) is 2.48. The van der Waals surface area contributed by atoms with E-state index in [1.165, 1.54) is 0 Å². The Balaban J connectivity index is 2.07. The standard InChI is InChI=1S/C17H20N4O3/c1-3-24-14-10-12(4-5-13(14)22)16-17(19-7-9-23-2)21-8-6-18-11-15(21)20-16/h4-6,8,10-11,19,22H,3,7,9H2,1-2H3. The Morgan fingerprint density at radius 2 is 2.21 bits per heavy atom. The number of nitrogens with zero attached hydrogens (tertiary/aromatic N) is 3. The van der Waals surface area contributed by atoms with E-state index in [0.717, 1.165) is 22.7 Å². The molecule has 126 valence electrons. The smallest absolute Gasteiger partial charge is 0.161 e. The first kappa shape index (κ1) is 16.1. The van der Waals surface area contributed by atoms with Gasteiger partial charge in [-0.25, -0.2) is 4.98 Å². The van der Waals surface area contributed by atoms with Crippen LogP contribution in [-0.4, -0.2) is 46.3 Å². The van der Waals surface area contributed by atoms with Gasteiger partial charge in [-0.05, 0) is 25.1 Å². The van der Waals surface area contributed by atoms with E-state index < -0.39 is 0 Å². The Hall–Kier alpha value is -2.80. The first-order valence-corrected chi connectivity index (χ1v) is 7.75. The summed E-state index contributed by atoms with van der Waals surface area (Å²) in [5, 5.41) is 13.2. The highest BCUT2D eigenvalue weighted by molar-refractivity contribution is 5.77. The average molecular weight is 328 g/mol. The van der Waals surface area contributed by atoms with Gasteiger partial charge in [-0.1, -0.05) is 0 Å². The van der Waals surface area contributed by atoms with E-state index in [2.05, 4.69) is 15.3 Å². The molecule has 0 amide bonds. The van der Waals surface area contributed by atoms with Crippen LogP contribution < -0.4 is 10.1 Å². The summed E-state index contributed by atoms with van der Waals surface area (Å²) < 4.78 is 12.5. The molecule has 0 bridgehead atoms. The molecule has 2 aromatic heterocycles. The number of anilines is 1. The molecular formula is C17H20N4O3. The van der Waals surface area contributed by atoms with Crippen LogP contribution >= 0.6 is 0 Å². The number of imidazole rings is 1. The van der Waals surface area contributed by atoms with Crippen LogP contribution in [0.4, 0.5) is 5.82 Å². The molecule has 7 heteroatoms. The minimum atomic E-state index is 0.111. The van der Waals surface area contributed by atoms with Crippen molar-refractivity contribution in [1.82, 2.24) is 14.4 Å². The summed E-state index contributed by atoms with van der Waals surface area (Å²) in [5.74, 6) is 1.39. The highest BCUT2D eigenvalue weighted by atomic mass is 16.5. The summed E-state index contributed by atoms with van der Waals surface area (Å²) in [7, 11) is 1.66. The molecule has 1 aromatic carbocycles. The van der Waals surface area contributed by atoms with E-state index >= 15 is 0 Å². The summed E-state index contributed by atoms with van der Waals surface area (Å²) in [6.45, 7) is 3.58. The van der Waals surface area contributed by atoms with Gasteiger partial charge in [0.25, 0.3) is 0 Å². The van der Waals surface area contributed by atoms with Gasteiger partial charge in [-0.3, -0.25) is 9.38 Å². The first-order chi connectivity index (χ1) is 11.7. The maximum absolute atomic E-state index is 9.90. The highest BCUT2D eigenvalue weighted by Crippen LogP contribution is 2.35. The summed E-state index contributed by atoms with van der Waals surface area (Å²) >= 11 is 0. The van der Waals surface area contributed by atoms with Crippen LogP contribution in [0.5, 0.6) is 11.5 Å². The van der Waals surface area contributed by atoms with Gasteiger partial charge in [0.1, 0.15) is 11.5 Å². The molecule has 0 aliphatic heterocycles. The van der Waals surface area contributed by atoms with Crippen molar-refractivity contribution in [3.8, 4) is 22.8 Å². The van der Waals surface area contributed by atoms with Crippen LogP contribution in [0, 0.1) is 0 Å². The number of benzene rings is 1. The molecule has 0 saturated carbocycles. The van der Waals surface area contributed by atoms with Gasteiger partial charge in [0.15, 0.2) is 17.1 Å². The molecule has 0 fully saturated rings. The number of aromatic nitrogens is 3. The third kappa shape index (κ3) is 3.11. The number of aromatic hydroxyl groups is 1. The number of rotatable bonds is 7. The van der Waals surface area contributed by atoms with Crippen LogP contribution in [0.25, 0.3) is 16.9 Å². The van der Waals surface area contributed by atoms with Gasteiger partial charge in [0, 0.05) is 31.6 Å². The van der Waals surface area contributed by atoms with Gasteiger partial charge < -0.3 is 19.9 Å². The lowest BCUT2D eigenvalue weighted by Gasteiger charge is -2.10. The van der Waals surface area contributed by atoms with E-state index in [4.69, 9.17) is 9.47 Å². The lowest BCUT2D eigenvalue weighted by atomic mass is 10.1. The topological polar surface area (TPSA) is 80.9 Å². The van der Waals surface area contributed by atoms with Gasteiger partial charge in [-0.15, -0.1) is 0 Å². The molecule has 0 saturated heterocycles. The maximum Gasteiger partial charge on any atom is 0.161 e. The van der Waals surface area contributed by atoms with E-state index in [-0.39, 0.29) is 5.75 Å². The number of ether oxygens (including phenoxy) is 2. The average Bonchev–Trinajstić information content (AvgIpc) is 2.96. The zero-order valence-electron chi connectivity index (χ0n) is 13.7. The Morgan fingerprint density at radius 3 is 3.00 bits per heavy atom. The van der Waals surface area contributed by atoms with E-state index in [9.17, 15) is 5.11 Å². The number of methoxy groups -OCH3 is 1. The number of phenolic OH excluding ortho intramolecular Hbond substituents is 1. The van der Waals surface area contributed by atoms with Crippen molar-refractivity contribution in [3.05, 3.63) is 36.8 Å². The van der Waals surface area contributed by atoms with E-state index in [0.29, 0.717) is 25.5 Å². The van der Waals surface area contributed by atoms with Crippen molar-refractivity contribution in [3.63, 3.8) is 0 Å². The van der Waals surface area contributed by atoms with E-state index in [1.807, 2.05) is 23.6 Å². The molecular weight excluding hydrogens is 308 g/mol. The number of hydrogen-bond donors (Lipinski definition) is 2. The maximum atomic E-state index is 9.90. The third-order valence-corrected chi connectivity index (χ3v) is 3.56. The van der Waals surface area contributed by atoms with Crippen LogP contribution in [0.1, 0.15) is 6.92 Å². The quantitative estimate of drug-likeness (QED) is 0.649. The zero-order chi connectivity index (χ0) is 16.9. The zero-order valence-corrected chi connectivity index (χ0v) is 13.7. The lowest BCUT2D eigenvalue weighted by molar-refractivity contribution is 0.210. The van der Waals surface area contributed by atoms with Gasteiger partial charge in [0.05, 0.1) is 19.4 Å². The molecule has 0 spiro atoms. The second kappa shape index (κ2) is 7.18. The number of phenols is 1. The second-order valence-corrected chi connectivity index (χ2v) is 5.15. The van der Waals surface area contributed by atoms with Gasteiger partial charge >= 0.3 is 0 Å². The van der Waals surface area contributed by atoms with Gasteiger partial charge in [-0.2, -0.15) is 0 Å². The van der Waals surface area contributed by atoms with Crippen molar-refractivity contribution in [2.24, 2.45) is 0 Å². The van der Waals surface area contributed by atoms with E-state index in [1.54, 1.807) is 31.6 Å². The second-order valence-electron chi connectivity index (χ2n) is 5.15. The number of hydrogen-bond acceptors (Lipinski definition) is 6. The molecule has 24 heavy (non-hydrogen) atoms. The Kier molecular flexibility index (Phi) is 4.81. The lowest BCUT2D eigenvalue weighted by Crippen LogP contribution is -2.10. The number of nitrogens with one attached hydrogen (secondary N) is 1. The predicted molar refractivity (Wildman–Crippen MR) is 91.6 cm³/mol. The molecule has 2 heterocycles. The SMILES string of the molecule is CCOc1cc(-c2nc3cnccn3c2NCCOC)ccc1O. The largest absolute Gasteiger partial charge is 0.504 e. The first-order valence-electron chi connectivity index (χ1n) is 7.75. The van der Waals surface area contributed by atoms with Crippen molar-refractivity contribution in [2.45, 2.75) is 6.92 Å². The van der Waals surface area contributed by atoms with Crippen molar-refractivity contribution >= 4 is 11.5 Å². The van der Waals surface area contributed by atoms with Crippen LogP contribution in [-0.2, 0) is 4.74 Å². The summed E-state index contributed by atoms with van der Waals surface area (Å²) in [6.07, 6.45) is 5.27. The minimum Gasteiger partial charge on any atom is -0.504 e. The highest BCUT2D eigenvalue weighted by Gasteiger charge is 2.15. The fourth-order valence-electron chi connectivity index (χ4n) is 2.48. The molecule has 0 atom stereocenters. The molecule has 7 nitrogen and oxygen atoms in total. The molecule has 0 unspecified atom stereocenters. The van der Waals surface area contributed by atoms with Crippen LogP contribution in [0.3, 0.4) is 0 Å². The third-order valence-electron chi connectivity index (χ3n) is 3.56. The Bertz CT molecular complexity index is 832. The Labute approximate surface area is 139 Å². The normalized spacial score (nSPS) is 10.9. The number of fused-ring (bicyclic) bond motifs is 1. The van der Waals surface area contributed by atoms with Gasteiger partial charge in [0.2, 0.25) is 0 Å². The van der Waals surface area contributed by atoms with Crippen LogP contribution in [0.2, 0.25) is 0 Å². The fraction of sp³-hybridized carbons (Fsp3) is 0.294.